The van der Waals surface area contributed by atoms with Gasteiger partial charge in [-0.1, -0.05) is 27.7 Å². The number of amides is 4. The van der Waals surface area contributed by atoms with Crippen molar-refractivity contribution in [2.45, 2.75) is 72.0 Å². The number of carbonyl (C=O) groups excluding carboxylic acids is 6. The van der Waals surface area contributed by atoms with E-state index in [4.69, 9.17) is 9.47 Å². The van der Waals surface area contributed by atoms with Crippen LogP contribution in [0.5, 0.6) is 0 Å². The smallest absolute Gasteiger partial charge is 0.376 e. The third kappa shape index (κ3) is 8.24. The van der Waals surface area contributed by atoms with E-state index in [1.165, 1.54) is 4.90 Å². The zero-order chi connectivity index (χ0) is 27.7. The predicted molar refractivity (Wildman–Crippen MR) is 132 cm³/mol. The molecule has 0 aromatic carbocycles. The zero-order valence-corrected chi connectivity index (χ0v) is 22.4. The molecule has 2 saturated heterocycles. The minimum atomic E-state index is -1.09. The van der Waals surface area contributed by atoms with Crippen LogP contribution >= 0.6 is 0 Å². The van der Waals surface area contributed by atoms with Gasteiger partial charge < -0.3 is 29.9 Å². The van der Waals surface area contributed by atoms with Crippen LogP contribution in [0.25, 0.3) is 0 Å². The first-order valence-electron chi connectivity index (χ1n) is 12.9. The molecular weight excluding hydrogens is 484 g/mol. The highest BCUT2D eigenvalue weighted by atomic mass is 16.5. The Morgan fingerprint density at radius 3 is 2.11 bits per heavy atom. The number of nitrogens with zero attached hydrogens (tertiary/aromatic N) is 2. The largest absolute Gasteiger partial charge is 0.460 e. The predicted octanol–water partition coefficient (Wildman–Crippen LogP) is -0.360. The maximum Gasteiger partial charge on any atom is 0.376 e. The van der Waals surface area contributed by atoms with E-state index in [-0.39, 0.29) is 30.8 Å². The molecule has 1 unspecified atom stereocenters. The van der Waals surface area contributed by atoms with Gasteiger partial charge in [-0.05, 0) is 31.6 Å². The highest BCUT2D eigenvalue weighted by molar-refractivity contribution is 6.36. The standard InChI is InChI=1S/C25H40N4O8/c1-6-37-25(35)22(32)20(15(2)3)27-23(33)17-8-7-9-29(17)24(34)21(16(4)5)26-18(30)14-19(31)28-10-12-36-13-11-28/h15-17,20-21H,6-14H2,1-5H3,(H,26,30)(H,27,33)/t17-,20?,21-/m0/s1. The molecule has 0 aromatic rings. The van der Waals surface area contributed by atoms with Crippen molar-refractivity contribution in [3.05, 3.63) is 0 Å². The number of nitrogens with one attached hydrogen (secondary N) is 2. The third-order valence-corrected chi connectivity index (χ3v) is 6.49. The van der Waals surface area contributed by atoms with Gasteiger partial charge in [-0.3, -0.25) is 24.0 Å². The molecule has 12 heteroatoms. The van der Waals surface area contributed by atoms with Crippen LogP contribution in [0.15, 0.2) is 0 Å². The molecule has 2 rings (SSSR count). The molecule has 12 nitrogen and oxygen atoms in total. The van der Waals surface area contributed by atoms with Gasteiger partial charge in [0.25, 0.3) is 5.78 Å². The van der Waals surface area contributed by atoms with Crippen molar-refractivity contribution >= 4 is 35.4 Å². The Kier molecular flexibility index (Phi) is 11.5. The molecule has 2 fully saturated rings. The number of Topliss-reactive ketones (excluding diaryl/α,β-unsaturated/α-hetero) is 1. The fourth-order valence-electron chi connectivity index (χ4n) is 4.40. The Balaban J connectivity index is 2.06. The lowest BCUT2D eigenvalue weighted by molar-refractivity contribution is -0.155. The average molecular weight is 525 g/mol. The maximum atomic E-state index is 13.4. The second-order valence-corrected chi connectivity index (χ2v) is 9.96. The Hall–Kier alpha value is -3.02. The van der Waals surface area contributed by atoms with E-state index < -0.39 is 47.6 Å². The quantitative estimate of drug-likeness (QED) is 0.211. The molecule has 2 aliphatic heterocycles. The van der Waals surface area contributed by atoms with Gasteiger partial charge in [0.05, 0.1) is 19.8 Å². The summed E-state index contributed by atoms with van der Waals surface area (Å²) in [7, 11) is 0. The summed E-state index contributed by atoms with van der Waals surface area (Å²) in [6.07, 6.45) is 0.562. The van der Waals surface area contributed by atoms with E-state index >= 15 is 0 Å². The minimum absolute atomic E-state index is 0.0363. The monoisotopic (exact) mass is 524 g/mol. The fraction of sp³-hybridized carbons (Fsp3) is 0.760. The van der Waals surface area contributed by atoms with E-state index in [1.54, 1.807) is 39.5 Å². The first kappa shape index (κ1) is 30.2. The van der Waals surface area contributed by atoms with E-state index in [2.05, 4.69) is 10.6 Å². The number of hydrogen-bond donors (Lipinski definition) is 2. The van der Waals surface area contributed by atoms with E-state index in [0.29, 0.717) is 45.7 Å². The first-order valence-corrected chi connectivity index (χ1v) is 12.9. The van der Waals surface area contributed by atoms with Gasteiger partial charge in [0.2, 0.25) is 23.6 Å². The second-order valence-electron chi connectivity index (χ2n) is 9.96. The lowest BCUT2D eigenvalue weighted by atomic mass is 9.98. The second kappa shape index (κ2) is 14.1. The molecule has 2 heterocycles. The summed E-state index contributed by atoms with van der Waals surface area (Å²) in [6.45, 7) is 10.5. The van der Waals surface area contributed by atoms with Gasteiger partial charge in [0.15, 0.2) is 0 Å². The van der Waals surface area contributed by atoms with Crippen LogP contribution in [0.4, 0.5) is 0 Å². The van der Waals surface area contributed by atoms with Crippen LogP contribution in [0.1, 0.15) is 53.9 Å². The molecule has 0 aliphatic carbocycles. The van der Waals surface area contributed by atoms with Gasteiger partial charge in [0.1, 0.15) is 24.5 Å². The highest BCUT2D eigenvalue weighted by Gasteiger charge is 2.41. The highest BCUT2D eigenvalue weighted by Crippen LogP contribution is 2.21. The zero-order valence-electron chi connectivity index (χ0n) is 22.4. The Labute approximate surface area is 217 Å². The summed E-state index contributed by atoms with van der Waals surface area (Å²) in [6, 6.07) is -2.87. The summed E-state index contributed by atoms with van der Waals surface area (Å²) in [5.74, 6) is -4.42. The van der Waals surface area contributed by atoms with Crippen molar-refractivity contribution in [2.24, 2.45) is 11.8 Å². The van der Waals surface area contributed by atoms with Crippen LogP contribution in [0.3, 0.4) is 0 Å². The van der Waals surface area contributed by atoms with Crippen molar-refractivity contribution in [1.29, 1.82) is 0 Å². The molecule has 2 N–H and O–H groups in total. The lowest BCUT2D eigenvalue weighted by Crippen LogP contribution is -2.57. The van der Waals surface area contributed by atoms with Gasteiger partial charge in [-0.2, -0.15) is 0 Å². The van der Waals surface area contributed by atoms with Crippen molar-refractivity contribution in [3.63, 3.8) is 0 Å². The summed E-state index contributed by atoms with van der Waals surface area (Å²) in [5.41, 5.74) is 0. The van der Waals surface area contributed by atoms with Crippen molar-refractivity contribution < 1.29 is 38.2 Å². The molecule has 0 aromatic heterocycles. The number of esters is 1. The average Bonchev–Trinajstić information content (AvgIpc) is 3.35. The topological polar surface area (TPSA) is 151 Å². The number of morpholine rings is 1. The van der Waals surface area contributed by atoms with Crippen molar-refractivity contribution in [1.82, 2.24) is 20.4 Å². The summed E-state index contributed by atoms with van der Waals surface area (Å²) >= 11 is 0. The first-order chi connectivity index (χ1) is 17.5. The molecule has 37 heavy (non-hydrogen) atoms. The van der Waals surface area contributed by atoms with Gasteiger partial charge in [-0.25, -0.2) is 4.79 Å². The number of ether oxygens (including phenoxy) is 2. The van der Waals surface area contributed by atoms with Crippen molar-refractivity contribution in [3.8, 4) is 0 Å². The van der Waals surface area contributed by atoms with E-state index in [1.807, 2.05) is 0 Å². The van der Waals surface area contributed by atoms with Gasteiger partial charge >= 0.3 is 5.97 Å². The van der Waals surface area contributed by atoms with Crippen LogP contribution in [0.2, 0.25) is 0 Å². The lowest BCUT2D eigenvalue weighted by Gasteiger charge is -2.32. The Bertz CT molecular complexity index is 869. The summed E-state index contributed by atoms with van der Waals surface area (Å²) in [5, 5.41) is 5.30. The number of rotatable bonds is 11. The molecule has 2 aliphatic rings. The van der Waals surface area contributed by atoms with Crippen molar-refractivity contribution in [2.75, 3.05) is 39.5 Å². The summed E-state index contributed by atoms with van der Waals surface area (Å²) < 4.78 is 10.0. The number of hydrogen-bond acceptors (Lipinski definition) is 8. The number of ketones is 1. The fourth-order valence-corrected chi connectivity index (χ4v) is 4.40. The Morgan fingerprint density at radius 1 is 0.919 bits per heavy atom. The molecule has 0 saturated carbocycles. The van der Waals surface area contributed by atoms with Crippen LogP contribution in [0, 0.1) is 11.8 Å². The minimum Gasteiger partial charge on any atom is -0.460 e. The maximum absolute atomic E-state index is 13.4. The third-order valence-electron chi connectivity index (χ3n) is 6.49. The number of carbonyl (C=O) groups is 6. The van der Waals surface area contributed by atoms with Crippen LogP contribution in [-0.4, -0.2) is 103 Å². The molecule has 0 radical (unpaired) electrons. The normalized spacial score (nSPS) is 19.4. The van der Waals surface area contributed by atoms with E-state index in [0.717, 1.165) is 0 Å². The van der Waals surface area contributed by atoms with Gasteiger partial charge in [0, 0.05) is 19.6 Å². The van der Waals surface area contributed by atoms with E-state index in [9.17, 15) is 28.8 Å². The van der Waals surface area contributed by atoms with Crippen LogP contribution < -0.4 is 10.6 Å². The SMILES string of the molecule is CCOC(=O)C(=O)C(NC(=O)[C@@H]1CCCN1C(=O)[C@@H](NC(=O)CC(=O)N1CCOCC1)C(C)C)C(C)C. The molecule has 3 atom stereocenters. The molecular formula is C25H40N4O8. The molecule has 0 bridgehead atoms. The molecule has 0 spiro atoms. The number of likely N-dealkylation sites (tertiary alicyclic amines) is 1. The van der Waals surface area contributed by atoms with Crippen LogP contribution in [-0.2, 0) is 38.2 Å². The van der Waals surface area contributed by atoms with Gasteiger partial charge in [-0.15, -0.1) is 0 Å². The Morgan fingerprint density at radius 2 is 1.54 bits per heavy atom. The molecule has 208 valence electrons. The molecule has 4 amide bonds. The summed E-state index contributed by atoms with van der Waals surface area (Å²) in [4.78, 5) is 79.1.